The van der Waals surface area contributed by atoms with Gasteiger partial charge < -0.3 is 10.6 Å². The van der Waals surface area contributed by atoms with Crippen molar-refractivity contribution in [1.82, 2.24) is 10.6 Å². The monoisotopic (exact) mass is 362 g/mol. The lowest BCUT2D eigenvalue weighted by Crippen LogP contribution is -2.44. The van der Waals surface area contributed by atoms with E-state index in [1.54, 1.807) is 0 Å². The second-order valence-electron chi connectivity index (χ2n) is 6.87. The topological polar surface area (TPSA) is 24.1 Å². The lowest BCUT2D eigenvalue weighted by Gasteiger charge is -2.24. The molecule has 0 radical (unpaired) electrons. The van der Waals surface area contributed by atoms with Gasteiger partial charge in [-0.05, 0) is 54.6 Å². The molecule has 26 heavy (non-hydrogen) atoms. The van der Waals surface area contributed by atoms with Gasteiger partial charge in [-0.25, -0.2) is 0 Å². The Kier molecular flexibility index (Phi) is 5.99. The minimum atomic E-state index is -4.29. The summed E-state index contributed by atoms with van der Waals surface area (Å²) in [6.07, 6.45) is -0.748. The third-order valence-corrected chi connectivity index (χ3v) is 5.09. The van der Waals surface area contributed by atoms with E-state index in [-0.39, 0.29) is 0 Å². The van der Waals surface area contributed by atoms with Gasteiger partial charge in [0.25, 0.3) is 0 Å². The molecule has 1 aliphatic heterocycles. The standard InChI is InChI=1S/C21H25F3N2/c1-2-19(20-4-3-13-25-20)26-14-15-5-7-16(8-6-15)17-9-11-18(12-10-17)21(22,23)24/h5-12,19-20,25-26H,2-4,13-14H2,1H3. The molecular formula is C21H25F3N2. The third kappa shape index (κ3) is 4.65. The summed E-state index contributed by atoms with van der Waals surface area (Å²) in [7, 11) is 0. The van der Waals surface area contributed by atoms with E-state index in [0.717, 1.165) is 42.8 Å². The first-order valence-electron chi connectivity index (χ1n) is 9.20. The fraction of sp³-hybridized carbons (Fsp3) is 0.429. The number of alkyl halides is 3. The molecule has 1 heterocycles. The molecule has 1 aliphatic rings. The molecule has 2 nitrogen and oxygen atoms in total. The first-order valence-corrected chi connectivity index (χ1v) is 9.20. The highest BCUT2D eigenvalue weighted by Gasteiger charge is 2.30. The Hall–Kier alpha value is -1.85. The smallest absolute Gasteiger partial charge is 0.312 e. The Labute approximate surface area is 152 Å². The lowest BCUT2D eigenvalue weighted by molar-refractivity contribution is -0.137. The Morgan fingerprint density at radius 3 is 2.15 bits per heavy atom. The molecule has 0 amide bonds. The fourth-order valence-electron chi connectivity index (χ4n) is 3.54. The lowest BCUT2D eigenvalue weighted by atomic mass is 10.0. The van der Waals surface area contributed by atoms with Gasteiger partial charge in [0.15, 0.2) is 0 Å². The molecule has 0 aromatic heterocycles. The molecule has 2 aromatic rings. The summed E-state index contributed by atoms with van der Waals surface area (Å²) in [4.78, 5) is 0. The van der Waals surface area contributed by atoms with Crippen LogP contribution >= 0.6 is 0 Å². The molecule has 1 fully saturated rings. The first kappa shape index (κ1) is 18.9. The van der Waals surface area contributed by atoms with E-state index < -0.39 is 11.7 Å². The van der Waals surface area contributed by atoms with Crippen LogP contribution in [0.1, 0.15) is 37.3 Å². The molecule has 0 spiro atoms. The van der Waals surface area contributed by atoms with E-state index in [2.05, 4.69) is 17.6 Å². The molecule has 5 heteroatoms. The van der Waals surface area contributed by atoms with Crippen molar-refractivity contribution in [2.45, 2.75) is 51.0 Å². The highest BCUT2D eigenvalue weighted by molar-refractivity contribution is 5.64. The molecule has 3 rings (SSSR count). The normalized spacial score (nSPS) is 18.8. The third-order valence-electron chi connectivity index (χ3n) is 5.09. The molecule has 2 aromatic carbocycles. The average Bonchev–Trinajstić information content (AvgIpc) is 3.17. The molecule has 2 atom stereocenters. The van der Waals surface area contributed by atoms with Crippen LogP contribution in [0.3, 0.4) is 0 Å². The van der Waals surface area contributed by atoms with Crippen LogP contribution in [0.15, 0.2) is 48.5 Å². The molecule has 140 valence electrons. The predicted molar refractivity (Wildman–Crippen MR) is 98.8 cm³/mol. The van der Waals surface area contributed by atoms with Crippen LogP contribution in [0.25, 0.3) is 11.1 Å². The van der Waals surface area contributed by atoms with Gasteiger partial charge in [0.2, 0.25) is 0 Å². The summed E-state index contributed by atoms with van der Waals surface area (Å²) >= 11 is 0. The zero-order valence-corrected chi connectivity index (χ0v) is 14.9. The van der Waals surface area contributed by atoms with Gasteiger partial charge in [-0.1, -0.05) is 43.3 Å². The molecule has 2 N–H and O–H groups in total. The Morgan fingerprint density at radius 2 is 1.65 bits per heavy atom. The maximum Gasteiger partial charge on any atom is 0.416 e. The number of rotatable bonds is 6. The summed E-state index contributed by atoms with van der Waals surface area (Å²) < 4.78 is 38.0. The van der Waals surface area contributed by atoms with E-state index in [0.29, 0.717) is 12.1 Å². The molecule has 0 aliphatic carbocycles. The molecule has 1 saturated heterocycles. The second-order valence-corrected chi connectivity index (χ2v) is 6.87. The quantitative estimate of drug-likeness (QED) is 0.756. The number of nitrogens with one attached hydrogen (secondary N) is 2. The van der Waals surface area contributed by atoms with Crippen molar-refractivity contribution in [1.29, 1.82) is 0 Å². The van der Waals surface area contributed by atoms with Gasteiger partial charge in [0.1, 0.15) is 0 Å². The zero-order chi connectivity index (χ0) is 18.6. The van der Waals surface area contributed by atoms with Crippen LogP contribution in [0.5, 0.6) is 0 Å². The first-order chi connectivity index (χ1) is 12.5. The van der Waals surface area contributed by atoms with Crippen molar-refractivity contribution in [2.75, 3.05) is 6.54 Å². The highest BCUT2D eigenvalue weighted by Crippen LogP contribution is 2.31. The molecule has 0 saturated carbocycles. The van der Waals surface area contributed by atoms with Crippen molar-refractivity contribution in [2.24, 2.45) is 0 Å². The highest BCUT2D eigenvalue weighted by atomic mass is 19.4. The number of hydrogen-bond donors (Lipinski definition) is 2. The molecular weight excluding hydrogens is 337 g/mol. The second kappa shape index (κ2) is 8.23. The molecule has 2 unspecified atom stereocenters. The Balaban J connectivity index is 1.61. The van der Waals surface area contributed by atoms with Crippen LogP contribution in [0.4, 0.5) is 13.2 Å². The summed E-state index contributed by atoms with van der Waals surface area (Å²) in [5, 5.41) is 7.17. The van der Waals surface area contributed by atoms with E-state index in [9.17, 15) is 13.2 Å². The maximum atomic E-state index is 12.7. The van der Waals surface area contributed by atoms with Gasteiger partial charge in [-0.3, -0.25) is 0 Å². The van der Waals surface area contributed by atoms with Crippen LogP contribution < -0.4 is 10.6 Å². The number of halogens is 3. The van der Waals surface area contributed by atoms with E-state index >= 15 is 0 Å². The van der Waals surface area contributed by atoms with E-state index in [1.807, 2.05) is 24.3 Å². The van der Waals surface area contributed by atoms with Gasteiger partial charge in [0.05, 0.1) is 5.56 Å². The van der Waals surface area contributed by atoms with Crippen molar-refractivity contribution < 1.29 is 13.2 Å². The average molecular weight is 362 g/mol. The minimum absolute atomic E-state index is 0.465. The van der Waals surface area contributed by atoms with E-state index in [4.69, 9.17) is 0 Å². The summed E-state index contributed by atoms with van der Waals surface area (Å²) in [5.41, 5.74) is 2.27. The van der Waals surface area contributed by atoms with Crippen molar-refractivity contribution in [3.8, 4) is 11.1 Å². The fourth-order valence-corrected chi connectivity index (χ4v) is 3.54. The van der Waals surface area contributed by atoms with Crippen molar-refractivity contribution >= 4 is 0 Å². The zero-order valence-electron chi connectivity index (χ0n) is 14.9. The summed E-state index contributed by atoms with van der Waals surface area (Å²) in [6.45, 7) is 4.10. The van der Waals surface area contributed by atoms with Crippen LogP contribution in [-0.2, 0) is 12.7 Å². The van der Waals surface area contributed by atoms with E-state index in [1.165, 1.54) is 30.5 Å². The van der Waals surface area contributed by atoms with Crippen molar-refractivity contribution in [3.63, 3.8) is 0 Å². The SMILES string of the molecule is CCC(NCc1ccc(-c2ccc(C(F)(F)F)cc2)cc1)C1CCCN1. The summed E-state index contributed by atoms with van der Waals surface area (Å²) in [6, 6.07) is 14.3. The Bertz CT molecular complexity index is 687. The number of benzene rings is 2. The van der Waals surface area contributed by atoms with Gasteiger partial charge in [-0.15, -0.1) is 0 Å². The van der Waals surface area contributed by atoms with Gasteiger partial charge >= 0.3 is 6.18 Å². The van der Waals surface area contributed by atoms with Crippen molar-refractivity contribution in [3.05, 3.63) is 59.7 Å². The van der Waals surface area contributed by atoms with Crippen LogP contribution in [0, 0.1) is 0 Å². The molecule has 0 bridgehead atoms. The number of hydrogen-bond acceptors (Lipinski definition) is 2. The van der Waals surface area contributed by atoms with Crippen LogP contribution in [-0.4, -0.2) is 18.6 Å². The summed E-state index contributed by atoms with van der Waals surface area (Å²) in [5.74, 6) is 0. The minimum Gasteiger partial charge on any atom is -0.312 e. The maximum absolute atomic E-state index is 12.7. The predicted octanol–water partition coefficient (Wildman–Crippen LogP) is 4.99. The van der Waals surface area contributed by atoms with Gasteiger partial charge in [-0.2, -0.15) is 13.2 Å². The Morgan fingerprint density at radius 1 is 1.04 bits per heavy atom. The van der Waals surface area contributed by atoms with Crippen LogP contribution in [0.2, 0.25) is 0 Å². The largest absolute Gasteiger partial charge is 0.416 e. The van der Waals surface area contributed by atoms with Gasteiger partial charge in [0, 0.05) is 18.6 Å².